The Morgan fingerprint density at radius 3 is 1.47 bits per heavy atom. The molecule has 0 amide bonds. The van der Waals surface area contributed by atoms with E-state index >= 15 is 0 Å². The van der Waals surface area contributed by atoms with E-state index < -0.39 is 38.3 Å². The van der Waals surface area contributed by atoms with Crippen LogP contribution in [0.1, 0.15) is 146 Å². The van der Waals surface area contributed by atoms with Gasteiger partial charge < -0.3 is 24.1 Å². The van der Waals surface area contributed by atoms with Gasteiger partial charge in [0, 0.05) is 21.1 Å². The molecule has 0 spiro atoms. The molecule has 2 atom stereocenters. The molecule has 2 unspecified atom stereocenters. The van der Waals surface area contributed by atoms with E-state index in [9.17, 15) is 14.7 Å². The zero-order chi connectivity index (χ0) is 41.6. The smallest absolute Gasteiger partial charge is 0.339 e. The third kappa shape index (κ3) is 22.2. The van der Waals surface area contributed by atoms with Crippen LogP contribution in [-0.4, -0.2) is 43.6 Å². The average Bonchev–Trinajstić information content (AvgIpc) is 3.23. The van der Waals surface area contributed by atoms with Gasteiger partial charge in [0.05, 0.1) is 13.0 Å². The molecular weight excluding hydrogens is 741 g/mol. The average molecular weight is 817 g/mol. The van der Waals surface area contributed by atoms with Crippen LogP contribution in [0.25, 0.3) is 0 Å². The van der Waals surface area contributed by atoms with Gasteiger partial charge in [-0.05, 0) is 23.1 Å². The van der Waals surface area contributed by atoms with Gasteiger partial charge in [-0.2, -0.15) is 0 Å². The Morgan fingerprint density at radius 1 is 0.569 bits per heavy atom. The molecule has 0 aromatic heterocycles. The van der Waals surface area contributed by atoms with Crippen molar-refractivity contribution in [1.82, 2.24) is 0 Å². The summed E-state index contributed by atoms with van der Waals surface area (Å²) in [7, 11) is -1.52. The maximum Gasteiger partial charge on any atom is 0.339 e. The van der Waals surface area contributed by atoms with Crippen molar-refractivity contribution in [2.24, 2.45) is 0 Å². The second-order valence-corrected chi connectivity index (χ2v) is 22.3. The molecule has 0 saturated carbocycles. The number of benzene rings is 3. The molecule has 0 radical (unpaired) electrons. The lowest BCUT2D eigenvalue weighted by atomic mass is 9.94. The van der Waals surface area contributed by atoms with Crippen molar-refractivity contribution >= 4 is 20.0 Å². The molecule has 8 heteroatoms. The van der Waals surface area contributed by atoms with Gasteiger partial charge in [0.15, 0.2) is 11.9 Å². The SMILES string of the molecule is CCCCCCCCCCCCCCCCCC[Si](C)(C)CCCOC(CC(=O)OCc1ccccc1)(CC(O)OCc1ccccc1)C(=O)OCc1ccccc1. The Balaban J connectivity index is 1.50. The van der Waals surface area contributed by atoms with E-state index in [1.807, 2.05) is 91.0 Å². The molecule has 3 aromatic rings. The maximum atomic E-state index is 14.1. The van der Waals surface area contributed by atoms with Crippen LogP contribution in [0.5, 0.6) is 0 Å². The van der Waals surface area contributed by atoms with E-state index in [2.05, 4.69) is 20.0 Å². The highest BCUT2D eigenvalue weighted by atomic mass is 28.3. The Bertz CT molecular complexity index is 1470. The molecule has 58 heavy (non-hydrogen) atoms. The van der Waals surface area contributed by atoms with Crippen LogP contribution < -0.4 is 0 Å². The molecular formula is C50H76O7Si. The van der Waals surface area contributed by atoms with Crippen molar-refractivity contribution in [1.29, 1.82) is 0 Å². The summed E-state index contributed by atoms with van der Waals surface area (Å²) >= 11 is 0. The van der Waals surface area contributed by atoms with Crippen molar-refractivity contribution < 1.29 is 33.6 Å². The topological polar surface area (TPSA) is 91.3 Å². The Hall–Kier alpha value is -3.30. The summed E-state index contributed by atoms with van der Waals surface area (Å²) < 4.78 is 23.8. The zero-order valence-corrected chi connectivity index (χ0v) is 37.3. The third-order valence-electron chi connectivity index (χ3n) is 11.1. The normalized spacial score (nSPS) is 13.2. The first-order valence-electron chi connectivity index (χ1n) is 22.6. The van der Waals surface area contributed by atoms with Gasteiger partial charge in [0.1, 0.15) is 13.2 Å². The lowest BCUT2D eigenvalue weighted by molar-refractivity contribution is -0.201. The predicted molar refractivity (Wildman–Crippen MR) is 239 cm³/mol. The molecule has 3 rings (SSSR count). The van der Waals surface area contributed by atoms with Crippen LogP contribution in [0.15, 0.2) is 91.0 Å². The standard InChI is InChI=1S/C50H76O7Si/c1-4-5-6-7-8-9-10-11-12-13-14-15-16-17-18-28-37-58(2,3)38-29-36-57-50(49(53)56-43-46-34-26-21-27-35-46,39-47(51)54-41-44-30-22-19-23-31-44)40-48(52)55-42-45-32-24-20-25-33-45/h19-27,30-35,47,51H,4-18,28-29,36-43H2,1-3H3. The zero-order valence-electron chi connectivity index (χ0n) is 36.3. The summed E-state index contributed by atoms with van der Waals surface area (Å²) in [6.45, 7) is 7.58. The predicted octanol–water partition coefficient (Wildman–Crippen LogP) is 12.9. The largest absolute Gasteiger partial charge is 0.461 e. The fraction of sp³-hybridized carbons (Fsp3) is 0.600. The fourth-order valence-corrected chi connectivity index (χ4v) is 10.0. The van der Waals surface area contributed by atoms with E-state index in [0.29, 0.717) is 0 Å². The summed E-state index contributed by atoms with van der Waals surface area (Å²) in [4.78, 5) is 27.6. The van der Waals surface area contributed by atoms with E-state index in [4.69, 9.17) is 18.9 Å². The molecule has 1 N–H and O–H groups in total. The van der Waals surface area contributed by atoms with Gasteiger partial charge in [0.25, 0.3) is 0 Å². The molecule has 0 aliphatic carbocycles. The van der Waals surface area contributed by atoms with Gasteiger partial charge in [-0.3, -0.25) is 4.79 Å². The number of aliphatic hydroxyl groups is 1. The number of aliphatic hydroxyl groups excluding tert-OH is 1. The summed E-state index contributed by atoms with van der Waals surface area (Å²) in [5, 5.41) is 11.2. The molecule has 0 bridgehead atoms. The molecule has 3 aromatic carbocycles. The van der Waals surface area contributed by atoms with Gasteiger partial charge in [0.2, 0.25) is 0 Å². The minimum absolute atomic E-state index is 0.00404. The molecule has 7 nitrogen and oxygen atoms in total. The number of carbonyl (C=O) groups is 2. The van der Waals surface area contributed by atoms with E-state index in [0.717, 1.165) is 29.2 Å². The number of esters is 2. The second kappa shape index (κ2) is 29.8. The monoisotopic (exact) mass is 817 g/mol. The van der Waals surface area contributed by atoms with E-state index in [1.165, 1.54) is 109 Å². The van der Waals surface area contributed by atoms with Crippen LogP contribution in [0, 0.1) is 0 Å². The van der Waals surface area contributed by atoms with Gasteiger partial charge in [-0.15, -0.1) is 0 Å². The van der Waals surface area contributed by atoms with Crippen molar-refractivity contribution in [3.8, 4) is 0 Å². The van der Waals surface area contributed by atoms with Crippen LogP contribution in [0.2, 0.25) is 25.2 Å². The Kier molecular flexibility index (Phi) is 25.2. The fourth-order valence-electron chi connectivity index (χ4n) is 7.48. The molecule has 322 valence electrons. The summed E-state index contributed by atoms with van der Waals surface area (Å²) in [5.41, 5.74) is 0.701. The van der Waals surface area contributed by atoms with E-state index in [-0.39, 0.29) is 32.8 Å². The highest BCUT2D eigenvalue weighted by Crippen LogP contribution is 2.30. The van der Waals surface area contributed by atoms with Crippen LogP contribution in [0.3, 0.4) is 0 Å². The van der Waals surface area contributed by atoms with Gasteiger partial charge in [-0.1, -0.05) is 226 Å². The van der Waals surface area contributed by atoms with Crippen molar-refractivity contribution in [3.05, 3.63) is 108 Å². The van der Waals surface area contributed by atoms with Crippen molar-refractivity contribution in [2.75, 3.05) is 6.61 Å². The van der Waals surface area contributed by atoms with Gasteiger partial charge >= 0.3 is 11.9 Å². The quantitative estimate of drug-likeness (QED) is 0.0278. The maximum absolute atomic E-state index is 14.1. The third-order valence-corrected chi connectivity index (χ3v) is 14.5. The van der Waals surface area contributed by atoms with Crippen molar-refractivity contribution in [2.45, 2.75) is 186 Å². The highest BCUT2D eigenvalue weighted by molar-refractivity contribution is 6.77. The minimum atomic E-state index is -1.81. The molecule has 0 fully saturated rings. The Morgan fingerprint density at radius 2 is 0.983 bits per heavy atom. The lowest BCUT2D eigenvalue weighted by Gasteiger charge is -2.33. The number of hydrogen-bond donors (Lipinski definition) is 1. The molecule has 0 heterocycles. The van der Waals surface area contributed by atoms with Gasteiger partial charge in [-0.25, -0.2) is 4.79 Å². The molecule has 0 aliphatic rings. The first-order valence-corrected chi connectivity index (χ1v) is 26.0. The number of hydrogen-bond acceptors (Lipinski definition) is 7. The van der Waals surface area contributed by atoms with Crippen molar-refractivity contribution in [3.63, 3.8) is 0 Å². The van der Waals surface area contributed by atoms with E-state index in [1.54, 1.807) is 0 Å². The highest BCUT2D eigenvalue weighted by Gasteiger charge is 2.46. The van der Waals surface area contributed by atoms with Crippen LogP contribution in [0.4, 0.5) is 0 Å². The number of ether oxygens (including phenoxy) is 4. The van der Waals surface area contributed by atoms with Crippen LogP contribution >= 0.6 is 0 Å². The summed E-state index contributed by atoms with van der Waals surface area (Å²) in [6.07, 6.45) is 20.6. The first-order chi connectivity index (χ1) is 28.2. The number of carbonyl (C=O) groups excluding carboxylic acids is 2. The summed E-state index contributed by atoms with van der Waals surface area (Å²) in [5.74, 6) is -1.34. The first kappa shape index (κ1) is 49.1. The Labute approximate surface area is 352 Å². The summed E-state index contributed by atoms with van der Waals surface area (Å²) in [6, 6.07) is 30.6. The second-order valence-electron chi connectivity index (χ2n) is 17.0. The van der Waals surface area contributed by atoms with Crippen LogP contribution in [-0.2, 0) is 48.4 Å². The molecule has 0 saturated heterocycles. The lowest BCUT2D eigenvalue weighted by Crippen LogP contribution is -2.48. The minimum Gasteiger partial charge on any atom is -0.461 e. The molecule has 0 aliphatic heterocycles. The number of rotatable bonds is 34. The number of unbranched alkanes of at least 4 members (excludes halogenated alkanes) is 15.